The molecule has 0 saturated carbocycles. The maximum Gasteiger partial charge on any atom is 0.328 e. The van der Waals surface area contributed by atoms with Crippen LogP contribution in [0.5, 0.6) is 0 Å². The fraction of sp³-hybridized carbons (Fsp3) is 0.300. The topological polar surface area (TPSA) is 90.2 Å². The lowest BCUT2D eigenvalue weighted by Gasteiger charge is -2.02. The third kappa shape index (κ3) is 3.27. The molecule has 1 rings (SSSR count). The van der Waals surface area contributed by atoms with Crippen molar-refractivity contribution in [3.63, 3.8) is 0 Å². The summed E-state index contributed by atoms with van der Waals surface area (Å²) < 4.78 is 0. The molecule has 1 aliphatic carbocycles. The second kappa shape index (κ2) is 4.96. The molecule has 0 heterocycles. The Hall–Kier alpha value is -2.09. The Balaban J connectivity index is 2.59. The van der Waals surface area contributed by atoms with E-state index in [1.807, 2.05) is 6.07 Å². The van der Waals surface area contributed by atoms with Crippen LogP contribution < -0.4 is 5.32 Å². The third-order valence-electron chi connectivity index (χ3n) is 2.00. The molecule has 0 radical (unpaired) electrons. The zero-order valence-corrected chi connectivity index (χ0v) is 7.99. The Morgan fingerprint density at radius 1 is 1.40 bits per heavy atom. The summed E-state index contributed by atoms with van der Waals surface area (Å²) in [5.74, 6) is -1.69. The number of hydrogen-bond donors (Lipinski definition) is 2. The van der Waals surface area contributed by atoms with Crippen LogP contribution in [0.4, 0.5) is 0 Å². The van der Waals surface area contributed by atoms with E-state index in [-0.39, 0.29) is 0 Å². The van der Waals surface area contributed by atoms with E-state index >= 15 is 0 Å². The van der Waals surface area contributed by atoms with Crippen molar-refractivity contribution in [1.29, 1.82) is 5.26 Å². The van der Waals surface area contributed by atoms with Gasteiger partial charge in [-0.05, 0) is 19.3 Å². The highest BCUT2D eigenvalue weighted by Gasteiger charge is 2.15. The molecule has 0 unspecified atom stereocenters. The van der Waals surface area contributed by atoms with Crippen molar-refractivity contribution in [3.8, 4) is 6.07 Å². The lowest BCUT2D eigenvalue weighted by Crippen LogP contribution is -2.20. The minimum atomic E-state index is -1.17. The summed E-state index contributed by atoms with van der Waals surface area (Å²) in [6.45, 7) is 0. The highest BCUT2D eigenvalue weighted by molar-refractivity contribution is 5.94. The van der Waals surface area contributed by atoms with Crippen LogP contribution in [0.25, 0.3) is 0 Å². The number of nitrogens with zero attached hydrogens (tertiary/aromatic N) is 1. The quantitative estimate of drug-likeness (QED) is 0.665. The first-order valence-electron chi connectivity index (χ1n) is 4.47. The van der Waals surface area contributed by atoms with Gasteiger partial charge in [0.1, 0.15) is 0 Å². The first kappa shape index (κ1) is 11.0. The Bertz CT molecular complexity index is 388. The average Bonchev–Trinajstić information content (AvgIpc) is 2.62. The summed E-state index contributed by atoms with van der Waals surface area (Å²) in [4.78, 5) is 21.3. The molecular formula is C10H10N2O3. The molecule has 2 N–H and O–H groups in total. The maximum absolute atomic E-state index is 11.2. The predicted octanol–water partition coefficient (Wildman–Crippen LogP) is 0.705. The normalized spacial score (nSPS) is 15.4. The van der Waals surface area contributed by atoms with Crippen LogP contribution in [0.3, 0.4) is 0 Å². The van der Waals surface area contributed by atoms with Crippen molar-refractivity contribution < 1.29 is 14.7 Å². The lowest BCUT2D eigenvalue weighted by molar-refractivity contribution is -0.131. The molecule has 0 aromatic rings. The number of hydrogen-bond acceptors (Lipinski definition) is 3. The first-order valence-corrected chi connectivity index (χ1v) is 4.47. The van der Waals surface area contributed by atoms with Crippen LogP contribution in [-0.4, -0.2) is 17.0 Å². The molecule has 0 aliphatic heterocycles. The Kier molecular flexibility index (Phi) is 3.63. The molecule has 0 aromatic carbocycles. The molecular weight excluding hydrogens is 196 g/mol. The van der Waals surface area contributed by atoms with Crippen molar-refractivity contribution in [2.24, 2.45) is 0 Å². The van der Waals surface area contributed by atoms with Crippen LogP contribution in [0.2, 0.25) is 0 Å². The second-order valence-electron chi connectivity index (χ2n) is 3.08. The molecule has 0 bridgehead atoms. The molecule has 1 amide bonds. The van der Waals surface area contributed by atoms with Crippen molar-refractivity contribution in [1.82, 2.24) is 5.32 Å². The average molecular weight is 206 g/mol. The van der Waals surface area contributed by atoms with E-state index in [9.17, 15) is 9.59 Å². The smallest absolute Gasteiger partial charge is 0.328 e. The van der Waals surface area contributed by atoms with Crippen LogP contribution in [0.1, 0.15) is 19.3 Å². The summed E-state index contributed by atoms with van der Waals surface area (Å²) in [7, 11) is 0. The molecule has 5 nitrogen and oxygen atoms in total. The SMILES string of the molecule is N#CC1=C(NC(=O)C=CC(=O)O)CCC1. The third-order valence-corrected chi connectivity index (χ3v) is 2.00. The highest BCUT2D eigenvalue weighted by Crippen LogP contribution is 2.22. The monoisotopic (exact) mass is 206 g/mol. The minimum absolute atomic E-state index is 0.512. The van der Waals surface area contributed by atoms with E-state index in [1.165, 1.54) is 0 Å². The largest absolute Gasteiger partial charge is 0.478 e. The van der Waals surface area contributed by atoms with Gasteiger partial charge in [0.05, 0.1) is 6.07 Å². The predicted molar refractivity (Wildman–Crippen MR) is 51.4 cm³/mol. The van der Waals surface area contributed by atoms with Crippen LogP contribution in [0, 0.1) is 11.3 Å². The van der Waals surface area contributed by atoms with Gasteiger partial charge in [-0.15, -0.1) is 0 Å². The van der Waals surface area contributed by atoms with E-state index in [4.69, 9.17) is 10.4 Å². The van der Waals surface area contributed by atoms with E-state index in [0.717, 1.165) is 18.6 Å². The van der Waals surface area contributed by atoms with Crippen LogP contribution in [0.15, 0.2) is 23.4 Å². The van der Waals surface area contributed by atoms with Gasteiger partial charge < -0.3 is 10.4 Å². The molecule has 0 fully saturated rings. The number of nitrogens with one attached hydrogen (secondary N) is 1. The molecule has 0 spiro atoms. The fourth-order valence-corrected chi connectivity index (χ4v) is 1.34. The number of carboxylic acid groups (broad SMARTS) is 1. The zero-order valence-electron chi connectivity index (χ0n) is 7.99. The number of nitriles is 1. The van der Waals surface area contributed by atoms with Crippen molar-refractivity contribution >= 4 is 11.9 Å². The summed E-state index contributed by atoms with van der Waals surface area (Å²) in [6.07, 6.45) is 3.88. The minimum Gasteiger partial charge on any atom is -0.478 e. The Morgan fingerprint density at radius 3 is 2.73 bits per heavy atom. The zero-order chi connectivity index (χ0) is 11.3. The van der Waals surface area contributed by atoms with Crippen LogP contribution in [-0.2, 0) is 9.59 Å². The molecule has 0 saturated heterocycles. The number of amides is 1. The molecule has 0 aromatic heterocycles. The van der Waals surface area contributed by atoms with Crippen molar-refractivity contribution in [3.05, 3.63) is 23.4 Å². The summed E-state index contributed by atoms with van der Waals surface area (Å²) in [6, 6.07) is 2.01. The molecule has 15 heavy (non-hydrogen) atoms. The van der Waals surface area contributed by atoms with Crippen LogP contribution >= 0.6 is 0 Å². The Labute approximate surface area is 86.7 Å². The Morgan fingerprint density at radius 2 is 2.13 bits per heavy atom. The maximum atomic E-state index is 11.2. The summed E-state index contributed by atoms with van der Waals surface area (Å²) in [5, 5.41) is 19.5. The van der Waals surface area contributed by atoms with E-state index in [2.05, 4.69) is 5.32 Å². The standard InChI is InChI=1S/C10H10N2O3/c11-6-7-2-1-3-8(7)12-9(13)4-5-10(14)15/h4-5H,1-3H2,(H,12,13)(H,14,15). The van der Waals surface area contributed by atoms with E-state index < -0.39 is 11.9 Å². The first-order chi connectivity index (χ1) is 7.13. The van der Waals surface area contributed by atoms with E-state index in [1.54, 1.807) is 0 Å². The van der Waals surface area contributed by atoms with Gasteiger partial charge in [0.25, 0.3) is 0 Å². The van der Waals surface area contributed by atoms with Crippen molar-refractivity contribution in [2.75, 3.05) is 0 Å². The number of carbonyl (C=O) groups excluding carboxylic acids is 1. The van der Waals surface area contributed by atoms with Gasteiger partial charge in [0.15, 0.2) is 0 Å². The molecule has 5 heteroatoms. The van der Waals surface area contributed by atoms with Gasteiger partial charge in [-0.1, -0.05) is 0 Å². The van der Waals surface area contributed by atoms with Gasteiger partial charge >= 0.3 is 5.97 Å². The lowest BCUT2D eigenvalue weighted by atomic mass is 10.2. The number of carbonyl (C=O) groups is 2. The fourth-order valence-electron chi connectivity index (χ4n) is 1.34. The van der Waals surface area contributed by atoms with Crippen molar-refractivity contribution in [2.45, 2.75) is 19.3 Å². The molecule has 0 atom stereocenters. The number of carboxylic acids is 1. The number of allylic oxidation sites excluding steroid dienone is 2. The van der Waals surface area contributed by atoms with Gasteiger partial charge in [-0.2, -0.15) is 5.26 Å². The number of rotatable bonds is 3. The summed E-state index contributed by atoms with van der Waals surface area (Å²) >= 11 is 0. The summed E-state index contributed by atoms with van der Waals surface area (Å²) in [5.41, 5.74) is 1.18. The number of aliphatic carboxylic acids is 1. The van der Waals surface area contributed by atoms with Gasteiger partial charge in [0, 0.05) is 23.4 Å². The molecule has 78 valence electrons. The van der Waals surface area contributed by atoms with Gasteiger partial charge in [-0.25, -0.2) is 4.79 Å². The highest BCUT2D eigenvalue weighted by atomic mass is 16.4. The van der Waals surface area contributed by atoms with Gasteiger partial charge in [-0.3, -0.25) is 4.79 Å². The van der Waals surface area contributed by atoms with Gasteiger partial charge in [0.2, 0.25) is 5.91 Å². The van der Waals surface area contributed by atoms with E-state index in [0.29, 0.717) is 24.1 Å². The second-order valence-corrected chi connectivity index (χ2v) is 3.08. The molecule has 1 aliphatic rings.